The Kier molecular flexibility index (Phi) is 9.29. The zero-order valence-electron chi connectivity index (χ0n) is 22.1. The largest absolute Gasteiger partial charge is 0.481 e. The van der Waals surface area contributed by atoms with Crippen molar-refractivity contribution in [3.05, 3.63) is 101 Å². The van der Waals surface area contributed by atoms with Gasteiger partial charge in [-0.05, 0) is 85.8 Å². The number of carboxylic acids is 1. The van der Waals surface area contributed by atoms with Crippen molar-refractivity contribution < 1.29 is 19.1 Å². The molecule has 0 saturated carbocycles. The van der Waals surface area contributed by atoms with Gasteiger partial charge in [-0.25, -0.2) is 4.39 Å². The maximum absolute atomic E-state index is 13.6. The Morgan fingerprint density at radius 1 is 0.947 bits per heavy atom. The number of halogens is 1. The fraction of sp³-hybridized carbons (Fsp3) is 0.375. The number of likely N-dealkylation sites (tertiary alicyclic amines) is 1. The van der Waals surface area contributed by atoms with E-state index < -0.39 is 11.9 Å². The van der Waals surface area contributed by atoms with Crippen LogP contribution >= 0.6 is 0 Å². The van der Waals surface area contributed by atoms with Crippen LogP contribution in [-0.2, 0) is 9.59 Å². The first-order chi connectivity index (χ1) is 18.3. The van der Waals surface area contributed by atoms with E-state index >= 15 is 0 Å². The molecule has 0 radical (unpaired) electrons. The van der Waals surface area contributed by atoms with Crippen molar-refractivity contribution in [2.24, 2.45) is 5.92 Å². The van der Waals surface area contributed by atoms with Gasteiger partial charge in [0.15, 0.2) is 0 Å². The molecule has 2 N–H and O–H groups in total. The predicted octanol–water partition coefficient (Wildman–Crippen LogP) is 6.64. The van der Waals surface area contributed by atoms with Gasteiger partial charge in [0.05, 0.1) is 5.92 Å². The molecule has 1 fully saturated rings. The number of carbonyl (C=O) groups excluding carboxylic acids is 1. The van der Waals surface area contributed by atoms with E-state index in [0.717, 1.165) is 43.7 Å². The van der Waals surface area contributed by atoms with Gasteiger partial charge in [-0.1, -0.05) is 68.4 Å². The van der Waals surface area contributed by atoms with Crippen LogP contribution < -0.4 is 5.32 Å². The molecule has 4 rings (SSSR count). The molecule has 1 saturated heterocycles. The topological polar surface area (TPSA) is 69.6 Å². The van der Waals surface area contributed by atoms with Gasteiger partial charge in [-0.3, -0.25) is 9.59 Å². The molecular weight excluding hydrogens is 479 g/mol. The van der Waals surface area contributed by atoms with E-state index in [2.05, 4.69) is 22.3 Å². The molecule has 1 aliphatic rings. The molecule has 0 spiro atoms. The molecule has 1 aliphatic heterocycles. The molecule has 6 heteroatoms. The summed E-state index contributed by atoms with van der Waals surface area (Å²) in [5.41, 5.74) is 3.70. The summed E-state index contributed by atoms with van der Waals surface area (Å²) in [6.07, 6.45) is 2.72. The molecule has 0 aromatic heterocycles. The number of anilines is 1. The molecule has 1 amide bonds. The van der Waals surface area contributed by atoms with Crippen LogP contribution in [0.5, 0.6) is 0 Å². The van der Waals surface area contributed by atoms with E-state index in [1.807, 2.05) is 56.3 Å². The number of rotatable bonds is 10. The first-order valence-corrected chi connectivity index (χ1v) is 13.5. The number of carboxylic acid groups (broad SMARTS) is 1. The van der Waals surface area contributed by atoms with Crippen molar-refractivity contribution in [2.45, 2.75) is 50.9 Å². The molecule has 1 unspecified atom stereocenters. The molecule has 3 aromatic rings. The number of hydrogen-bond acceptors (Lipinski definition) is 3. The molecule has 38 heavy (non-hydrogen) atoms. The summed E-state index contributed by atoms with van der Waals surface area (Å²) in [5.74, 6) is -1.86. The summed E-state index contributed by atoms with van der Waals surface area (Å²) in [6, 6.07) is 23.8. The van der Waals surface area contributed by atoms with Gasteiger partial charge in [-0.2, -0.15) is 0 Å². The van der Waals surface area contributed by atoms with E-state index in [-0.39, 0.29) is 23.6 Å². The van der Waals surface area contributed by atoms with Crippen LogP contribution in [0.3, 0.4) is 0 Å². The Morgan fingerprint density at radius 3 is 2.26 bits per heavy atom. The SMILES string of the molecule is CC(C)C(=O)Nc1cccc(C2CCN(CC[C@H](c3ccccc3)C(C(=O)O)c3ccc(F)cc3)CC2)c1. The number of piperidine rings is 1. The van der Waals surface area contributed by atoms with E-state index in [1.165, 1.54) is 17.7 Å². The molecule has 1 heterocycles. The van der Waals surface area contributed by atoms with Gasteiger partial charge in [0, 0.05) is 17.5 Å². The molecule has 200 valence electrons. The minimum atomic E-state index is -0.895. The summed E-state index contributed by atoms with van der Waals surface area (Å²) in [4.78, 5) is 27.0. The highest BCUT2D eigenvalue weighted by atomic mass is 19.1. The zero-order chi connectivity index (χ0) is 27.1. The van der Waals surface area contributed by atoms with Crippen molar-refractivity contribution >= 4 is 17.6 Å². The maximum Gasteiger partial charge on any atom is 0.311 e. The maximum atomic E-state index is 13.6. The van der Waals surface area contributed by atoms with E-state index in [9.17, 15) is 19.1 Å². The molecule has 3 aromatic carbocycles. The van der Waals surface area contributed by atoms with Crippen LogP contribution in [0.2, 0.25) is 0 Å². The standard InChI is InChI=1S/C32H37FN2O3/c1-22(2)31(36)34-28-10-6-9-26(21-28)23-15-18-35(19-16-23)20-17-29(24-7-4-3-5-8-24)30(32(37)38)25-11-13-27(33)14-12-25/h3-14,21-23,29-30H,15-20H2,1-2H3,(H,34,36)(H,37,38)/t29-,30?/m1/s1. The third-order valence-corrected chi connectivity index (χ3v) is 7.62. The van der Waals surface area contributed by atoms with Gasteiger partial charge in [0.1, 0.15) is 5.82 Å². The average molecular weight is 517 g/mol. The third kappa shape index (κ3) is 7.07. The van der Waals surface area contributed by atoms with E-state index in [0.29, 0.717) is 17.9 Å². The number of benzene rings is 3. The predicted molar refractivity (Wildman–Crippen MR) is 149 cm³/mol. The minimum Gasteiger partial charge on any atom is -0.481 e. The summed E-state index contributed by atoms with van der Waals surface area (Å²) in [5, 5.41) is 13.2. The second-order valence-electron chi connectivity index (χ2n) is 10.6. The smallest absolute Gasteiger partial charge is 0.311 e. The second-order valence-corrected chi connectivity index (χ2v) is 10.6. The lowest BCUT2D eigenvalue weighted by Gasteiger charge is -2.34. The van der Waals surface area contributed by atoms with Crippen molar-refractivity contribution in [1.29, 1.82) is 0 Å². The van der Waals surface area contributed by atoms with Gasteiger partial charge >= 0.3 is 5.97 Å². The van der Waals surface area contributed by atoms with Crippen molar-refractivity contribution in [3.63, 3.8) is 0 Å². The van der Waals surface area contributed by atoms with Gasteiger partial charge in [-0.15, -0.1) is 0 Å². The highest BCUT2D eigenvalue weighted by Crippen LogP contribution is 2.37. The monoisotopic (exact) mass is 516 g/mol. The summed E-state index contributed by atoms with van der Waals surface area (Å²) < 4.78 is 13.6. The first-order valence-electron chi connectivity index (χ1n) is 13.5. The summed E-state index contributed by atoms with van der Waals surface area (Å²) >= 11 is 0. The lowest BCUT2D eigenvalue weighted by atomic mass is 9.79. The summed E-state index contributed by atoms with van der Waals surface area (Å²) in [7, 11) is 0. The summed E-state index contributed by atoms with van der Waals surface area (Å²) in [6.45, 7) is 6.43. The number of amides is 1. The molecule has 2 atom stereocenters. The molecule has 5 nitrogen and oxygen atoms in total. The second kappa shape index (κ2) is 12.8. The van der Waals surface area contributed by atoms with Crippen LogP contribution in [0.1, 0.15) is 67.6 Å². The fourth-order valence-corrected chi connectivity index (χ4v) is 5.41. The van der Waals surface area contributed by atoms with Crippen LogP contribution in [0.4, 0.5) is 10.1 Å². The van der Waals surface area contributed by atoms with E-state index in [4.69, 9.17) is 0 Å². The molecule has 0 aliphatic carbocycles. The highest BCUT2D eigenvalue weighted by molar-refractivity contribution is 5.92. The van der Waals surface area contributed by atoms with E-state index in [1.54, 1.807) is 12.1 Å². The minimum absolute atomic E-state index is 0.0187. The Hall–Kier alpha value is -3.51. The van der Waals surface area contributed by atoms with Crippen LogP contribution in [0.25, 0.3) is 0 Å². The fourth-order valence-electron chi connectivity index (χ4n) is 5.41. The first kappa shape index (κ1) is 27.5. The number of aliphatic carboxylic acids is 1. The van der Waals surface area contributed by atoms with Crippen molar-refractivity contribution in [2.75, 3.05) is 25.0 Å². The van der Waals surface area contributed by atoms with Crippen LogP contribution in [0, 0.1) is 11.7 Å². The average Bonchev–Trinajstić information content (AvgIpc) is 2.92. The molecular formula is C32H37FN2O3. The Bertz CT molecular complexity index is 1200. The van der Waals surface area contributed by atoms with Crippen molar-refractivity contribution in [1.82, 2.24) is 4.90 Å². The Balaban J connectivity index is 1.41. The van der Waals surface area contributed by atoms with Gasteiger partial charge in [0.25, 0.3) is 0 Å². The lowest BCUT2D eigenvalue weighted by molar-refractivity contribution is -0.139. The Morgan fingerprint density at radius 2 is 1.63 bits per heavy atom. The van der Waals surface area contributed by atoms with Gasteiger partial charge < -0.3 is 15.3 Å². The zero-order valence-corrected chi connectivity index (χ0v) is 22.1. The number of hydrogen-bond donors (Lipinski definition) is 2. The normalized spacial score (nSPS) is 16.2. The lowest BCUT2D eigenvalue weighted by Crippen LogP contribution is -2.35. The quantitative estimate of drug-likeness (QED) is 0.317. The molecule has 0 bridgehead atoms. The Labute approximate surface area is 224 Å². The van der Waals surface area contributed by atoms with Crippen LogP contribution in [-0.4, -0.2) is 41.5 Å². The number of nitrogens with zero attached hydrogens (tertiary/aromatic N) is 1. The van der Waals surface area contributed by atoms with Crippen LogP contribution in [0.15, 0.2) is 78.9 Å². The third-order valence-electron chi connectivity index (χ3n) is 7.62. The number of carbonyl (C=O) groups is 2. The highest BCUT2D eigenvalue weighted by Gasteiger charge is 2.32. The van der Waals surface area contributed by atoms with Gasteiger partial charge in [0.2, 0.25) is 5.91 Å². The van der Waals surface area contributed by atoms with Crippen molar-refractivity contribution in [3.8, 4) is 0 Å². The number of nitrogens with one attached hydrogen (secondary N) is 1.